The molecule has 1 heterocycles. The maximum Gasteiger partial charge on any atom is 0.271 e. The van der Waals surface area contributed by atoms with Crippen LogP contribution in [0.5, 0.6) is 0 Å². The van der Waals surface area contributed by atoms with Crippen LogP contribution in [-0.4, -0.2) is 28.5 Å². The van der Waals surface area contributed by atoms with E-state index in [0.29, 0.717) is 17.6 Å². The molecule has 0 spiro atoms. The fraction of sp³-hybridized carbons (Fsp3) is 0.615. The fourth-order valence-corrected chi connectivity index (χ4v) is 2.14. The number of hydrogen-bond acceptors (Lipinski definition) is 4. The molecular formula is C13H20N4O. The first kappa shape index (κ1) is 12.8. The highest BCUT2D eigenvalue weighted by Gasteiger charge is 2.18. The van der Waals surface area contributed by atoms with Crippen molar-refractivity contribution in [2.24, 2.45) is 0 Å². The molecule has 2 rings (SSSR count). The normalized spacial score (nSPS) is 15.6. The lowest BCUT2D eigenvalue weighted by Crippen LogP contribution is -2.33. The van der Waals surface area contributed by atoms with Crippen LogP contribution in [0, 0.1) is 0 Å². The van der Waals surface area contributed by atoms with Crippen molar-refractivity contribution in [2.45, 2.75) is 45.1 Å². The predicted octanol–water partition coefficient (Wildman–Crippen LogP) is 1.97. The van der Waals surface area contributed by atoms with Crippen LogP contribution in [0.3, 0.4) is 0 Å². The van der Waals surface area contributed by atoms with E-state index in [1.807, 2.05) is 0 Å². The van der Waals surface area contributed by atoms with Crippen molar-refractivity contribution >= 4 is 11.7 Å². The molecule has 0 radical (unpaired) electrons. The average molecular weight is 248 g/mol. The summed E-state index contributed by atoms with van der Waals surface area (Å²) in [6, 6.07) is 0.312. The summed E-state index contributed by atoms with van der Waals surface area (Å²) in [5, 5.41) is 6.14. The van der Waals surface area contributed by atoms with Gasteiger partial charge in [-0.2, -0.15) is 0 Å². The third-order valence-corrected chi connectivity index (χ3v) is 3.11. The zero-order chi connectivity index (χ0) is 12.8. The van der Waals surface area contributed by atoms with Crippen LogP contribution < -0.4 is 10.6 Å². The van der Waals surface area contributed by atoms with Crippen LogP contribution in [0.2, 0.25) is 0 Å². The highest BCUT2D eigenvalue weighted by molar-refractivity contribution is 5.92. The van der Waals surface area contributed by atoms with E-state index in [1.165, 1.54) is 19.0 Å². The number of carbonyl (C=O) groups excluding carboxylic acids is 1. The van der Waals surface area contributed by atoms with Crippen molar-refractivity contribution in [2.75, 3.05) is 11.9 Å². The Kier molecular flexibility index (Phi) is 4.50. The summed E-state index contributed by atoms with van der Waals surface area (Å²) in [6.45, 7) is 2.92. The first-order chi connectivity index (χ1) is 8.79. The van der Waals surface area contributed by atoms with E-state index >= 15 is 0 Å². The third-order valence-electron chi connectivity index (χ3n) is 3.11. The molecule has 0 unspecified atom stereocenters. The summed E-state index contributed by atoms with van der Waals surface area (Å²) in [4.78, 5) is 20.3. The van der Waals surface area contributed by atoms with E-state index in [4.69, 9.17) is 0 Å². The molecule has 0 atom stereocenters. The SMILES string of the molecule is CCCNc1cncc(C(=O)NC2CCCC2)n1. The van der Waals surface area contributed by atoms with E-state index < -0.39 is 0 Å². The highest BCUT2D eigenvalue weighted by atomic mass is 16.1. The summed E-state index contributed by atoms with van der Waals surface area (Å²) in [6.07, 6.45) is 8.73. The van der Waals surface area contributed by atoms with Crippen molar-refractivity contribution in [1.29, 1.82) is 0 Å². The van der Waals surface area contributed by atoms with Gasteiger partial charge in [0.05, 0.1) is 12.4 Å². The van der Waals surface area contributed by atoms with Gasteiger partial charge in [0, 0.05) is 12.6 Å². The van der Waals surface area contributed by atoms with Gasteiger partial charge in [0.2, 0.25) is 0 Å². The molecule has 5 heteroatoms. The number of aromatic nitrogens is 2. The second-order valence-corrected chi connectivity index (χ2v) is 4.67. The molecule has 1 fully saturated rings. The Hall–Kier alpha value is -1.65. The monoisotopic (exact) mass is 248 g/mol. The predicted molar refractivity (Wildman–Crippen MR) is 70.5 cm³/mol. The Labute approximate surface area is 107 Å². The maximum atomic E-state index is 12.0. The molecule has 0 aliphatic heterocycles. The first-order valence-corrected chi connectivity index (χ1v) is 6.66. The van der Waals surface area contributed by atoms with Crippen LogP contribution in [0.4, 0.5) is 5.82 Å². The number of carbonyl (C=O) groups is 1. The largest absolute Gasteiger partial charge is 0.369 e. The third kappa shape index (κ3) is 3.42. The Morgan fingerprint density at radius 1 is 1.39 bits per heavy atom. The summed E-state index contributed by atoms with van der Waals surface area (Å²) < 4.78 is 0. The molecule has 1 saturated carbocycles. The molecule has 1 aliphatic carbocycles. The Bertz CT molecular complexity index is 402. The topological polar surface area (TPSA) is 66.9 Å². The fourth-order valence-electron chi connectivity index (χ4n) is 2.14. The lowest BCUT2D eigenvalue weighted by atomic mass is 10.2. The summed E-state index contributed by atoms with van der Waals surface area (Å²) in [5.41, 5.74) is 0.392. The van der Waals surface area contributed by atoms with Gasteiger partial charge in [-0.25, -0.2) is 4.98 Å². The van der Waals surface area contributed by atoms with E-state index in [2.05, 4.69) is 27.5 Å². The van der Waals surface area contributed by atoms with Gasteiger partial charge in [-0.1, -0.05) is 19.8 Å². The standard InChI is InChI=1S/C13H20N4O/c1-2-7-15-12-9-14-8-11(17-12)13(18)16-10-5-3-4-6-10/h8-10H,2-7H2,1H3,(H,15,17)(H,16,18). The second kappa shape index (κ2) is 6.33. The van der Waals surface area contributed by atoms with Gasteiger partial charge in [-0.05, 0) is 19.3 Å². The zero-order valence-corrected chi connectivity index (χ0v) is 10.8. The van der Waals surface area contributed by atoms with Gasteiger partial charge in [-0.3, -0.25) is 9.78 Å². The quantitative estimate of drug-likeness (QED) is 0.836. The van der Waals surface area contributed by atoms with E-state index in [1.54, 1.807) is 6.20 Å². The minimum Gasteiger partial charge on any atom is -0.369 e. The van der Waals surface area contributed by atoms with E-state index in [9.17, 15) is 4.79 Å². The van der Waals surface area contributed by atoms with Crippen LogP contribution >= 0.6 is 0 Å². The smallest absolute Gasteiger partial charge is 0.271 e. The Morgan fingerprint density at radius 2 is 2.17 bits per heavy atom. The van der Waals surface area contributed by atoms with Crippen LogP contribution in [-0.2, 0) is 0 Å². The van der Waals surface area contributed by atoms with Crippen molar-refractivity contribution < 1.29 is 4.79 Å². The van der Waals surface area contributed by atoms with Crippen molar-refractivity contribution in [3.63, 3.8) is 0 Å². The first-order valence-electron chi connectivity index (χ1n) is 6.66. The van der Waals surface area contributed by atoms with Gasteiger partial charge in [0.25, 0.3) is 5.91 Å². The van der Waals surface area contributed by atoms with Gasteiger partial charge in [0.1, 0.15) is 11.5 Å². The summed E-state index contributed by atoms with van der Waals surface area (Å²) >= 11 is 0. The van der Waals surface area contributed by atoms with Crippen LogP contribution in [0.15, 0.2) is 12.4 Å². The zero-order valence-electron chi connectivity index (χ0n) is 10.8. The number of rotatable bonds is 5. The number of anilines is 1. The number of nitrogens with zero attached hydrogens (tertiary/aromatic N) is 2. The number of nitrogens with one attached hydrogen (secondary N) is 2. The lowest BCUT2D eigenvalue weighted by Gasteiger charge is -2.11. The molecule has 1 aromatic rings. The second-order valence-electron chi connectivity index (χ2n) is 4.67. The molecule has 1 aromatic heterocycles. The van der Waals surface area contributed by atoms with Gasteiger partial charge >= 0.3 is 0 Å². The van der Waals surface area contributed by atoms with Crippen molar-refractivity contribution in [3.8, 4) is 0 Å². The number of amides is 1. The molecule has 98 valence electrons. The molecule has 0 saturated heterocycles. The van der Waals surface area contributed by atoms with Gasteiger partial charge in [0.15, 0.2) is 0 Å². The van der Waals surface area contributed by atoms with E-state index in [-0.39, 0.29) is 5.91 Å². The molecule has 1 amide bonds. The van der Waals surface area contributed by atoms with Crippen LogP contribution in [0.25, 0.3) is 0 Å². The van der Waals surface area contributed by atoms with E-state index in [0.717, 1.165) is 25.8 Å². The minimum absolute atomic E-state index is 0.116. The molecule has 0 bridgehead atoms. The molecule has 18 heavy (non-hydrogen) atoms. The average Bonchev–Trinajstić information content (AvgIpc) is 2.89. The van der Waals surface area contributed by atoms with Crippen LogP contribution in [0.1, 0.15) is 49.5 Å². The Balaban J connectivity index is 1.96. The minimum atomic E-state index is -0.116. The molecule has 0 aromatic carbocycles. The lowest BCUT2D eigenvalue weighted by molar-refractivity contribution is 0.0932. The highest BCUT2D eigenvalue weighted by Crippen LogP contribution is 2.18. The number of hydrogen-bond donors (Lipinski definition) is 2. The van der Waals surface area contributed by atoms with Gasteiger partial charge < -0.3 is 10.6 Å². The van der Waals surface area contributed by atoms with Crippen molar-refractivity contribution in [1.82, 2.24) is 15.3 Å². The van der Waals surface area contributed by atoms with Crippen molar-refractivity contribution in [3.05, 3.63) is 18.1 Å². The summed E-state index contributed by atoms with van der Waals surface area (Å²) in [5.74, 6) is 0.547. The molecule has 5 nitrogen and oxygen atoms in total. The molecule has 2 N–H and O–H groups in total. The molecule has 1 aliphatic rings. The van der Waals surface area contributed by atoms with Gasteiger partial charge in [-0.15, -0.1) is 0 Å². The molecular weight excluding hydrogens is 228 g/mol. The maximum absolute atomic E-state index is 12.0. The summed E-state index contributed by atoms with van der Waals surface area (Å²) in [7, 11) is 0. The Morgan fingerprint density at radius 3 is 2.89 bits per heavy atom.